The Balaban J connectivity index is 1.38. The predicted molar refractivity (Wildman–Crippen MR) is 170 cm³/mol. The topological polar surface area (TPSA) is 40.6 Å². The van der Waals surface area contributed by atoms with Gasteiger partial charge >= 0.3 is 0 Å². The third-order valence-corrected chi connectivity index (χ3v) is 8.87. The lowest BCUT2D eigenvalue weighted by molar-refractivity contribution is 0.646. The summed E-state index contributed by atoms with van der Waals surface area (Å²) in [6, 6.07) is 40.5. The highest BCUT2D eigenvalue weighted by atomic mass is 15.1. The fraction of sp³-hybridized carbons (Fsp3) is 0.0811. The summed E-state index contributed by atoms with van der Waals surface area (Å²) in [7, 11) is 0. The first-order valence-electron chi connectivity index (χ1n) is 14.4. The SMILES string of the molecule is CC1(C)c2ccccc2-n2cc3c4cc(-c5nc6ccccc6n5-c5ccccc5)ccc4n(-c4ccccn4)c3c21. The average molecular weight is 542 g/mol. The summed E-state index contributed by atoms with van der Waals surface area (Å²) >= 11 is 0. The van der Waals surface area contributed by atoms with Gasteiger partial charge in [-0.3, -0.25) is 9.13 Å². The molecule has 5 heterocycles. The monoisotopic (exact) mass is 541 g/mol. The first-order valence-corrected chi connectivity index (χ1v) is 14.4. The molecule has 42 heavy (non-hydrogen) atoms. The maximum absolute atomic E-state index is 5.15. The van der Waals surface area contributed by atoms with E-state index >= 15 is 0 Å². The second kappa shape index (κ2) is 8.30. The maximum Gasteiger partial charge on any atom is 0.145 e. The highest BCUT2D eigenvalue weighted by Crippen LogP contribution is 2.49. The lowest BCUT2D eigenvalue weighted by Crippen LogP contribution is -2.16. The number of hydrogen-bond acceptors (Lipinski definition) is 2. The van der Waals surface area contributed by atoms with E-state index in [1.807, 2.05) is 12.3 Å². The molecule has 0 atom stereocenters. The minimum absolute atomic E-state index is 0.163. The van der Waals surface area contributed by atoms with Crippen LogP contribution in [0.2, 0.25) is 0 Å². The number of nitrogens with zero attached hydrogens (tertiary/aromatic N) is 5. The zero-order valence-electron chi connectivity index (χ0n) is 23.4. The maximum atomic E-state index is 5.15. The molecule has 1 aliphatic rings. The molecule has 0 fully saturated rings. The van der Waals surface area contributed by atoms with E-state index in [0.717, 1.165) is 39.4 Å². The van der Waals surface area contributed by atoms with Gasteiger partial charge < -0.3 is 4.57 Å². The molecule has 0 aliphatic carbocycles. The van der Waals surface area contributed by atoms with Crippen molar-refractivity contribution in [2.75, 3.05) is 0 Å². The van der Waals surface area contributed by atoms with Crippen LogP contribution in [0.3, 0.4) is 0 Å². The van der Waals surface area contributed by atoms with Crippen molar-refractivity contribution in [1.29, 1.82) is 0 Å². The number of imidazole rings is 1. The summed E-state index contributed by atoms with van der Waals surface area (Å²) in [6.45, 7) is 4.66. The predicted octanol–water partition coefficient (Wildman–Crippen LogP) is 8.61. The van der Waals surface area contributed by atoms with Gasteiger partial charge in [-0.05, 0) is 66.2 Å². The minimum Gasteiger partial charge on any atom is -0.317 e. The number of rotatable bonds is 3. The van der Waals surface area contributed by atoms with Crippen LogP contribution in [0.15, 0.2) is 128 Å². The lowest BCUT2D eigenvalue weighted by Gasteiger charge is -2.20. The van der Waals surface area contributed by atoms with Crippen molar-refractivity contribution in [1.82, 2.24) is 23.7 Å². The normalized spacial score (nSPS) is 13.7. The van der Waals surface area contributed by atoms with E-state index in [4.69, 9.17) is 9.97 Å². The molecule has 9 rings (SSSR count). The standard InChI is InChI=1S/C37H27N5/c1-37(2)28-14-6-8-16-31(28)40-23-27-26-22-24(19-20-30(26)42(34(27)35(37)40)33-18-10-11-21-38-33)36-39-29-15-7-9-17-32(29)41(36)25-12-4-3-5-13-25/h3-23H,1-2H3. The van der Waals surface area contributed by atoms with Crippen LogP contribution in [-0.2, 0) is 5.41 Å². The van der Waals surface area contributed by atoms with E-state index in [9.17, 15) is 0 Å². The quantitative estimate of drug-likeness (QED) is 0.225. The molecule has 0 saturated carbocycles. The molecule has 8 aromatic rings. The smallest absolute Gasteiger partial charge is 0.145 e. The van der Waals surface area contributed by atoms with Gasteiger partial charge in [0, 0.05) is 45.5 Å². The van der Waals surface area contributed by atoms with Crippen molar-refractivity contribution < 1.29 is 0 Å². The molecule has 0 amide bonds. The molecular weight excluding hydrogens is 514 g/mol. The first kappa shape index (κ1) is 23.3. The van der Waals surface area contributed by atoms with Gasteiger partial charge in [0.25, 0.3) is 0 Å². The van der Waals surface area contributed by atoms with Gasteiger partial charge in [0.2, 0.25) is 0 Å². The van der Waals surface area contributed by atoms with Gasteiger partial charge in [-0.2, -0.15) is 0 Å². The third kappa shape index (κ3) is 3.02. The number of hydrogen-bond donors (Lipinski definition) is 0. The Hall–Kier alpha value is -5.42. The van der Waals surface area contributed by atoms with E-state index < -0.39 is 0 Å². The number of para-hydroxylation sites is 4. The van der Waals surface area contributed by atoms with E-state index in [-0.39, 0.29) is 5.41 Å². The van der Waals surface area contributed by atoms with E-state index in [1.54, 1.807) is 0 Å². The lowest BCUT2D eigenvalue weighted by atomic mass is 9.83. The van der Waals surface area contributed by atoms with Crippen LogP contribution in [0.25, 0.3) is 61.4 Å². The van der Waals surface area contributed by atoms with Gasteiger partial charge in [-0.1, -0.05) is 68.4 Å². The van der Waals surface area contributed by atoms with E-state index in [0.29, 0.717) is 0 Å². The van der Waals surface area contributed by atoms with Gasteiger partial charge in [0.05, 0.1) is 27.8 Å². The van der Waals surface area contributed by atoms with Crippen LogP contribution in [0.5, 0.6) is 0 Å². The van der Waals surface area contributed by atoms with Crippen molar-refractivity contribution in [3.05, 3.63) is 139 Å². The third-order valence-electron chi connectivity index (χ3n) is 8.87. The van der Waals surface area contributed by atoms with Crippen LogP contribution in [-0.4, -0.2) is 23.7 Å². The minimum atomic E-state index is -0.163. The first-order chi connectivity index (χ1) is 20.6. The molecule has 5 heteroatoms. The Labute approximate surface area is 242 Å². The summed E-state index contributed by atoms with van der Waals surface area (Å²) < 4.78 is 7.00. The summed E-state index contributed by atoms with van der Waals surface area (Å²) in [5.74, 6) is 1.85. The highest BCUT2D eigenvalue weighted by molar-refractivity contribution is 6.12. The molecule has 0 spiro atoms. The molecule has 4 aromatic heterocycles. The molecular formula is C37H27N5. The second-order valence-electron chi connectivity index (χ2n) is 11.6. The number of fused-ring (bicyclic) bond motifs is 8. The number of benzene rings is 4. The molecule has 4 aromatic carbocycles. The van der Waals surface area contributed by atoms with Gasteiger partial charge in [-0.15, -0.1) is 0 Å². The average Bonchev–Trinajstić information content (AvgIpc) is 3.75. The van der Waals surface area contributed by atoms with Crippen LogP contribution in [0, 0.1) is 0 Å². The summed E-state index contributed by atoms with van der Waals surface area (Å²) in [5.41, 5.74) is 10.3. The second-order valence-corrected chi connectivity index (χ2v) is 11.6. The van der Waals surface area contributed by atoms with E-state index in [2.05, 4.69) is 143 Å². The number of aromatic nitrogens is 5. The van der Waals surface area contributed by atoms with Crippen LogP contribution in [0.4, 0.5) is 0 Å². The van der Waals surface area contributed by atoms with Gasteiger partial charge in [0.15, 0.2) is 0 Å². The molecule has 0 radical (unpaired) electrons. The molecule has 200 valence electrons. The molecule has 0 unspecified atom stereocenters. The fourth-order valence-electron chi connectivity index (χ4n) is 7.04. The van der Waals surface area contributed by atoms with Crippen molar-refractivity contribution in [2.24, 2.45) is 0 Å². The molecule has 0 bridgehead atoms. The van der Waals surface area contributed by atoms with Crippen LogP contribution in [0.1, 0.15) is 25.1 Å². The fourth-order valence-corrected chi connectivity index (χ4v) is 7.04. The Kier molecular flexibility index (Phi) is 4.61. The molecule has 0 saturated heterocycles. The van der Waals surface area contributed by atoms with Crippen LogP contribution < -0.4 is 0 Å². The Morgan fingerprint density at radius 2 is 1.45 bits per heavy atom. The molecule has 1 aliphatic heterocycles. The largest absolute Gasteiger partial charge is 0.317 e. The van der Waals surface area contributed by atoms with Crippen molar-refractivity contribution >= 4 is 32.8 Å². The van der Waals surface area contributed by atoms with E-state index in [1.165, 1.54) is 33.2 Å². The Bertz CT molecular complexity index is 2320. The zero-order valence-corrected chi connectivity index (χ0v) is 23.4. The molecule has 0 N–H and O–H groups in total. The summed E-state index contributed by atoms with van der Waals surface area (Å²) in [5, 5.41) is 2.41. The van der Waals surface area contributed by atoms with Gasteiger partial charge in [0.1, 0.15) is 11.6 Å². The van der Waals surface area contributed by atoms with Crippen molar-refractivity contribution in [3.63, 3.8) is 0 Å². The highest BCUT2D eigenvalue weighted by Gasteiger charge is 2.39. The molecule has 5 nitrogen and oxygen atoms in total. The summed E-state index contributed by atoms with van der Waals surface area (Å²) in [4.78, 5) is 9.98. The van der Waals surface area contributed by atoms with Crippen LogP contribution >= 0.6 is 0 Å². The van der Waals surface area contributed by atoms with Crippen molar-refractivity contribution in [2.45, 2.75) is 19.3 Å². The number of pyridine rings is 1. The van der Waals surface area contributed by atoms with Gasteiger partial charge in [-0.25, -0.2) is 9.97 Å². The zero-order chi connectivity index (χ0) is 28.0. The summed E-state index contributed by atoms with van der Waals surface area (Å²) in [6.07, 6.45) is 4.20. The van der Waals surface area contributed by atoms with Crippen molar-refractivity contribution in [3.8, 4) is 28.6 Å². The Morgan fingerprint density at radius 1 is 0.667 bits per heavy atom. The Morgan fingerprint density at radius 3 is 2.31 bits per heavy atom.